The van der Waals surface area contributed by atoms with Crippen LogP contribution in [0.3, 0.4) is 0 Å². The number of rotatable bonds is 2. The Morgan fingerprint density at radius 2 is 1.47 bits per heavy atom. The highest BCUT2D eigenvalue weighted by Gasteiger charge is 2.24. The Kier molecular flexibility index (Phi) is 27.0. The first-order valence-electron chi connectivity index (χ1n) is 4.02. The normalized spacial score (nSPS) is 9.89. The Bertz CT molecular complexity index is 240. The molecule has 0 saturated carbocycles. The van der Waals surface area contributed by atoms with E-state index >= 15 is 0 Å². The first kappa shape index (κ1) is 27.8. The van der Waals surface area contributed by atoms with Crippen molar-refractivity contribution in [3.63, 3.8) is 0 Å². The van der Waals surface area contributed by atoms with Crippen molar-refractivity contribution in [2.45, 2.75) is 20.5 Å². The van der Waals surface area contributed by atoms with Gasteiger partial charge in [-0.3, -0.25) is 0 Å². The van der Waals surface area contributed by atoms with E-state index in [9.17, 15) is 13.2 Å². The highest BCUT2D eigenvalue weighted by molar-refractivity contribution is 6.58. The molecule has 2 nitrogen and oxygen atoms in total. The molecule has 0 aromatic rings. The van der Waals surface area contributed by atoms with Crippen molar-refractivity contribution in [1.29, 1.82) is 0 Å². The van der Waals surface area contributed by atoms with Gasteiger partial charge in [-0.2, -0.15) is 13.2 Å². The van der Waals surface area contributed by atoms with E-state index < -0.39 is 12.8 Å². The summed E-state index contributed by atoms with van der Waals surface area (Å²) in [5, 5.41) is 7.52. The molecule has 0 fully saturated rings. The van der Waals surface area contributed by atoms with Gasteiger partial charge in [-0.1, -0.05) is 53.8 Å². The number of aliphatic hydroxyl groups is 1. The summed E-state index contributed by atoms with van der Waals surface area (Å²) in [5.41, 5.74) is 2.27. The largest absolute Gasteiger partial charge is 0.483 e. The van der Waals surface area contributed by atoms with Gasteiger partial charge in [0.05, 0.1) is 12.1 Å². The molecule has 19 heavy (non-hydrogen) atoms. The van der Waals surface area contributed by atoms with E-state index in [1.165, 1.54) is 5.54 Å². The zero-order valence-corrected chi connectivity index (χ0v) is 12.7. The SMILES string of the molecule is C.CCOC(Cl)=CCl.ClC=C(Cl)Cl.OCC(F)(F)F. The minimum atomic E-state index is -4.40. The van der Waals surface area contributed by atoms with E-state index in [-0.39, 0.29) is 17.1 Å². The maximum absolute atomic E-state index is 10.5. The average Bonchev–Trinajstić information content (AvgIpc) is 2.30. The zero-order valence-electron chi connectivity index (χ0n) is 8.95. The number of hydrogen-bond donors (Lipinski definition) is 1. The lowest BCUT2D eigenvalue weighted by Crippen LogP contribution is -2.12. The molecule has 1 N–H and O–H groups in total. The van der Waals surface area contributed by atoms with Gasteiger partial charge in [-0.05, 0) is 18.5 Å². The molecule has 10 heteroatoms. The molecule has 0 unspecified atom stereocenters. The predicted octanol–water partition coefficient (Wildman–Crippen LogP) is 5.98. The summed E-state index contributed by atoms with van der Waals surface area (Å²) in [6.45, 7) is 0.665. The Balaban J connectivity index is -0.0000000878. The third-order valence-corrected chi connectivity index (χ3v) is 1.82. The van der Waals surface area contributed by atoms with Gasteiger partial charge in [0.25, 0.3) is 0 Å². The summed E-state index contributed by atoms with van der Waals surface area (Å²) in [6, 6.07) is 0. The monoisotopic (exact) mass is 386 g/mol. The molecule has 0 atom stereocenters. The lowest BCUT2D eigenvalue weighted by Gasteiger charge is -1.95. The smallest absolute Gasteiger partial charge is 0.411 e. The molecule has 0 aliphatic heterocycles. The van der Waals surface area contributed by atoms with Gasteiger partial charge in [0.2, 0.25) is 0 Å². The standard InChI is InChI=1S/C4H6Cl2O.C2HCl3.C2H3F3O.CH4/c1-2-7-4(6)3-5;3-1-2(4)5;3-2(4,5)1-6;/h3H,2H2,1H3;1H;6H,1H2;1H4. The molecular weight excluding hydrogens is 374 g/mol. The second-order valence-electron chi connectivity index (χ2n) is 2.02. The van der Waals surface area contributed by atoms with E-state index in [4.69, 9.17) is 63.1 Å². The molecule has 118 valence electrons. The second-order valence-corrected chi connectivity index (χ2v) is 3.84. The van der Waals surface area contributed by atoms with E-state index in [1.54, 1.807) is 0 Å². The molecule has 0 rings (SSSR count). The summed E-state index contributed by atoms with van der Waals surface area (Å²) in [7, 11) is 0. The Labute approximate surface area is 135 Å². The Morgan fingerprint density at radius 3 is 1.53 bits per heavy atom. The fourth-order valence-electron chi connectivity index (χ4n) is 0.169. The van der Waals surface area contributed by atoms with Crippen LogP contribution < -0.4 is 0 Å². The summed E-state index contributed by atoms with van der Waals surface area (Å²) in [6.07, 6.45) is -4.40. The minimum absolute atomic E-state index is 0. The van der Waals surface area contributed by atoms with Crippen molar-refractivity contribution >= 4 is 58.0 Å². The molecule has 0 aliphatic carbocycles. The quantitative estimate of drug-likeness (QED) is 0.590. The number of aliphatic hydroxyl groups excluding tert-OH is 1. The van der Waals surface area contributed by atoms with Crippen LogP contribution in [0.5, 0.6) is 0 Å². The topological polar surface area (TPSA) is 29.5 Å². The van der Waals surface area contributed by atoms with E-state index in [0.717, 1.165) is 5.54 Å². The van der Waals surface area contributed by atoms with Crippen LogP contribution in [0.1, 0.15) is 14.4 Å². The Hall–Kier alpha value is 0.480. The van der Waals surface area contributed by atoms with Crippen LogP contribution in [-0.4, -0.2) is 24.5 Å². The van der Waals surface area contributed by atoms with Gasteiger partial charge in [-0.15, -0.1) is 0 Å². The highest BCUT2D eigenvalue weighted by atomic mass is 35.5. The first-order valence-corrected chi connectivity index (χ1v) is 6.02. The fraction of sp³-hybridized carbons (Fsp3) is 0.556. The van der Waals surface area contributed by atoms with Crippen molar-refractivity contribution in [3.8, 4) is 0 Å². The number of hydrogen-bond acceptors (Lipinski definition) is 2. The fourth-order valence-corrected chi connectivity index (χ4v) is 0.341. The number of alkyl halides is 3. The molecule has 0 aromatic carbocycles. The van der Waals surface area contributed by atoms with E-state index in [1.807, 2.05) is 6.92 Å². The van der Waals surface area contributed by atoms with Gasteiger partial charge in [0.15, 0.2) is 5.22 Å². The van der Waals surface area contributed by atoms with Crippen LogP contribution in [0.4, 0.5) is 13.2 Å². The van der Waals surface area contributed by atoms with Crippen molar-refractivity contribution in [3.05, 3.63) is 20.8 Å². The van der Waals surface area contributed by atoms with Crippen molar-refractivity contribution in [1.82, 2.24) is 0 Å². The number of ether oxygens (including phenoxy) is 1. The lowest BCUT2D eigenvalue weighted by molar-refractivity contribution is -0.159. The van der Waals surface area contributed by atoms with Crippen molar-refractivity contribution < 1.29 is 23.0 Å². The summed E-state index contributed by atoms with van der Waals surface area (Å²) in [5.74, 6) is 0. The predicted molar refractivity (Wildman–Crippen MR) is 76.9 cm³/mol. The average molecular weight is 388 g/mol. The van der Waals surface area contributed by atoms with Gasteiger partial charge in [0.1, 0.15) is 11.1 Å². The lowest BCUT2D eigenvalue weighted by atomic mass is 10.7. The minimum Gasteiger partial charge on any atom is -0.483 e. The molecule has 0 amide bonds. The Morgan fingerprint density at radius 1 is 1.16 bits per heavy atom. The summed E-state index contributed by atoms with van der Waals surface area (Å²) >= 11 is 25.2. The van der Waals surface area contributed by atoms with E-state index in [2.05, 4.69) is 4.74 Å². The maximum Gasteiger partial charge on any atom is 0.411 e. The van der Waals surface area contributed by atoms with E-state index in [0.29, 0.717) is 6.61 Å². The molecule has 0 heterocycles. The summed E-state index contributed by atoms with van der Waals surface area (Å²) < 4.78 is 36.4. The van der Waals surface area contributed by atoms with Gasteiger partial charge >= 0.3 is 6.18 Å². The highest BCUT2D eigenvalue weighted by Crippen LogP contribution is 2.11. The maximum atomic E-state index is 10.5. The molecular formula is C9H14Cl5F3O2. The molecule has 0 aliphatic rings. The van der Waals surface area contributed by atoms with Gasteiger partial charge in [0, 0.05) is 5.54 Å². The van der Waals surface area contributed by atoms with Crippen LogP contribution in [0.25, 0.3) is 0 Å². The van der Waals surface area contributed by atoms with Crippen LogP contribution in [-0.2, 0) is 4.74 Å². The second kappa shape index (κ2) is 18.5. The van der Waals surface area contributed by atoms with Gasteiger partial charge in [-0.25, -0.2) is 0 Å². The van der Waals surface area contributed by atoms with Gasteiger partial charge < -0.3 is 9.84 Å². The first-order chi connectivity index (χ1) is 8.14. The van der Waals surface area contributed by atoms with Crippen LogP contribution >= 0.6 is 58.0 Å². The molecule has 0 saturated heterocycles. The zero-order chi connectivity index (χ0) is 15.2. The third-order valence-electron chi connectivity index (χ3n) is 0.630. The molecule has 0 radical (unpaired) electrons. The van der Waals surface area contributed by atoms with Crippen molar-refractivity contribution in [2.75, 3.05) is 13.2 Å². The van der Waals surface area contributed by atoms with Crippen LogP contribution in [0, 0.1) is 0 Å². The summed E-state index contributed by atoms with van der Waals surface area (Å²) in [4.78, 5) is 0. The van der Waals surface area contributed by atoms with Crippen molar-refractivity contribution in [2.24, 2.45) is 0 Å². The number of halogens is 8. The molecule has 0 spiro atoms. The third kappa shape index (κ3) is 45.7. The molecule has 0 bridgehead atoms. The molecule has 0 aromatic heterocycles. The van der Waals surface area contributed by atoms with Crippen LogP contribution in [0.15, 0.2) is 20.8 Å². The van der Waals surface area contributed by atoms with Crippen LogP contribution in [0.2, 0.25) is 0 Å².